The molecule has 0 aromatic heterocycles. The number of aliphatic carboxylic acids is 1. The highest BCUT2D eigenvalue weighted by Gasteiger charge is 2.40. The number of ether oxygens (including phenoxy) is 1. The third kappa shape index (κ3) is 5.44. The van der Waals surface area contributed by atoms with Crippen LogP contribution in [0.5, 0.6) is 5.75 Å². The van der Waals surface area contributed by atoms with Crippen LogP contribution >= 0.6 is 11.6 Å². The third-order valence-corrected chi connectivity index (χ3v) is 8.30. The van der Waals surface area contributed by atoms with Crippen molar-refractivity contribution in [3.8, 4) is 16.9 Å². The van der Waals surface area contributed by atoms with E-state index in [1.165, 1.54) is 38.1 Å². The Labute approximate surface area is 221 Å². The zero-order valence-corrected chi connectivity index (χ0v) is 21.7. The van der Waals surface area contributed by atoms with Gasteiger partial charge in [0.25, 0.3) is 10.0 Å². The molecule has 202 valence electrons. The van der Waals surface area contributed by atoms with E-state index in [1.807, 2.05) is 0 Å². The number of halogens is 5. The molecular formula is C26H22ClF4NO5S. The van der Waals surface area contributed by atoms with Gasteiger partial charge in [0.15, 0.2) is 0 Å². The summed E-state index contributed by atoms with van der Waals surface area (Å²) in [6.07, 6.45) is -5.80. The molecule has 0 amide bonds. The van der Waals surface area contributed by atoms with Crippen LogP contribution in [-0.2, 0) is 21.0 Å². The molecule has 1 heterocycles. The largest absolute Gasteiger partial charge is 0.486 e. The van der Waals surface area contributed by atoms with Crippen molar-refractivity contribution in [3.63, 3.8) is 0 Å². The van der Waals surface area contributed by atoms with Gasteiger partial charge in [-0.1, -0.05) is 23.7 Å². The van der Waals surface area contributed by atoms with Crippen LogP contribution < -0.4 is 9.04 Å². The Hall–Kier alpha value is -3.31. The van der Waals surface area contributed by atoms with Crippen molar-refractivity contribution in [2.75, 3.05) is 10.8 Å². The second-order valence-electron chi connectivity index (χ2n) is 9.50. The fourth-order valence-electron chi connectivity index (χ4n) is 4.15. The number of anilines is 1. The lowest BCUT2D eigenvalue weighted by Crippen LogP contribution is -2.46. The fourth-order valence-corrected chi connectivity index (χ4v) is 5.92. The molecule has 12 heteroatoms. The highest BCUT2D eigenvalue weighted by atomic mass is 35.5. The molecule has 1 aliphatic heterocycles. The third-order valence-electron chi connectivity index (χ3n) is 6.20. The average Bonchev–Trinajstić information content (AvgIpc) is 2.84. The number of hydrogen-bond acceptors (Lipinski definition) is 4. The van der Waals surface area contributed by atoms with Gasteiger partial charge in [0.1, 0.15) is 17.7 Å². The zero-order valence-electron chi connectivity index (χ0n) is 20.1. The van der Waals surface area contributed by atoms with Crippen LogP contribution in [0.15, 0.2) is 65.6 Å². The molecule has 0 saturated heterocycles. The SMILES string of the molecule is CC(C)(CC1CN(S(=O)(=O)c2cccc(C(F)(F)F)c2)c2cc(-c3cc(F)ccc3Cl)ccc2O1)C(=O)O. The summed E-state index contributed by atoms with van der Waals surface area (Å²) in [4.78, 5) is 11.1. The lowest BCUT2D eigenvalue weighted by atomic mass is 9.86. The summed E-state index contributed by atoms with van der Waals surface area (Å²) in [5.74, 6) is -1.65. The molecule has 3 aromatic carbocycles. The molecule has 3 aromatic rings. The summed E-state index contributed by atoms with van der Waals surface area (Å²) < 4.78 is 88.3. The van der Waals surface area contributed by atoms with Crippen molar-refractivity contribution in [1.82, 2.24) is 0 Å². The summed E-state index contributed by atoms with van der Waals surface area (Å²) in [6.45, 7) is 2.53. The second kappa shape index (κ2) is 9.77. The summed E-state index contributed by atoms with van der Waals surface area (Å²) in [7, 11) is -4.59. The van der Waals surface area contributed by atoms with Crippen molar-refractivity contribution >= 4 is 33.3 Å². The van der Waals surface area contributed by atoms with E-state index in [2.05, 4.69) is 0 Å². The molecule has 0 aliphatic carbocycles. The maximum absolute atomic E-state index is 13.9. The fraction of sp³-hybridized carbons (Fsp3) is 0.269. The summed E-state index contributed by atoms with van der Waals surface area (Å²) in [6, 6.07) is 11.3. The number of hydrogen-bond donors (Lipinski definition) is 1. The molecule has 1 atom stereocenters. The molecule has 0 saturated carbocycles. The Balaban J connectivity index is 1.86. The Bertz CT molecular complexity index is 1510. The van der Waals surface area contributed by atoms with Gasteiger partial charge >= 0.3 is 12.1 Å². The number of carbonyl (C=O) groups is 1. The Kier molecular flexibility index (Phi) is 7.13. The monoisotopic (exact) mass is 571 g/mol. The molecule has 1 aliphatic rings. The van der Waals surface area contributed by atoms with Gasteiger partial charge in [-0.2, -0.15) is 13.2 Å². The van der Waals surface area contributed by atoms with Gasteiger partial charge in [-0.05, 0) is 67.9 Å². The topological polar surface area (TPSA) is 83.9 Å². The Morgan fingerprint density at radius 1 is 1.11 bits per heavy atom. The highest BCUT2D eigenvalue weighted by Crippen LogP contribution is 2.43. The van der Waals surface area contributed by atoms with E-state index in [1.54, 1.807) is 0 Å². The van der Waals surface area contributed by atoms with Crippen LogP contribution in [0.3, 0.4) is 0 Å². The minimum absolute atomic E-state index is 0.00961. The number of rotatable bonds is 6. The highest BCUT2D eigenvalue weighted by molar-refractivity contribution is 7.92. The molecule has 0 fully saturated rings. The van der Waals surface area contributed by atoms with Crippen molar-refractivity contribution < 1.29 is 40.6 Å². The number of carboxylic acids is 1. The van der Waals surface area contributed by atoms with Gasteiger partial charge in [-0.15, -0.1) is 0 Å². The minimum Gasteiger partial charge on any atom is -0.486 e. The van der Waals surface area contributed by atoms with E-state index < -0.39 is 50.0 Å². The van der Waals surface area contributed by atoms with E-state index in [9.17, 15) is 35.9 Å². The number of alkyl halides is 3. The molecular weight excluding hydrogens is 550 g/mol. The summed E-state index contributed by atoms with van der Waals surface area (Å²) in [5.41, 5.74) is -1.84. The first-order valence-corrected chi connectivity index (χ1v) is 13.1. The number of carboxylic acid groups (broad SMARTS) is 1. The molecule has 6 nitrogen and oxygen atoms in total. The van der Waals surface area contributed by atoms with Crippen molar-refractivity contribution in [2.45, 2.75) is 37.4 Å². The average molecular weight is 572 g/mol. The van der Waals surface area contributed by atoms with Crippen LogP contribution in [0.2, 0.25) is 5.02 Å². The van der Waals surface area contributed by atoms with E-state index >= 15 is 0 Å². The smallest absolute Gasteiger partial charge is 0.416 e. The number of benzene rings is 3. The van der Waals surface area contributed by atoms with Crippen molar-refractivity contribution in [1.29, 1.82) is 0 Å². The van der Waals surface area contributed by atoms with E-state index in [-0.39, 0.29) is 35.0 Å². The van der Waals surface area contributed by atoms with Gasteiger partial charge < -0.3 is 9.84 Å². The molecule has 1 unspecified atom stereocenters. The first-order valence-electron chi connectivity index (χ1n) is 11.3. The Morgan fingerprint density at radius 3 is 2.47 bits per heavy atom. The maximum Gasteiger partial charge on any atom is 0.416 e. The minimum atomic E-state index is -4.77. The van der Waals surface area contributed by atoms with Crippen LogP contribution in [-0.4, -0.2) is 32.1 Å². The number of fused-ring (bicyclic) bond motifs is 1. The van der Waals surface area contributed by atoms with Crippen LogP contribution in [0, 0.1) is 11.2 Å². The normalized spacial score (nSPS) is 16.1. The molecule has 4 rings (SSSR count). The van der Waals surface area contributed by atoms with Gasteiger partial charge in [0.2, 0.25) is 0 Å². The number of nitrogens with zero attached hydrogens (tertiary/aromatic N) is 1. The van der Waals surface area contributed by atoms with E-state index in [0.29, 0.717) is 11.6 Å². The van der Waals surface area contributed by atoms with E-state index in [4.69, 9.17) is 16.3 Å². The molecule has 1 N–H and O–H groups in total. The maximum atomic E-state index is 13.9. The van der Waals surface area contributed by atoms with Crippen molar-refractivity contribution in [2.24, 2.45) is 5.41 Å². The lowest BCUT2D eigenvalue weighted by Gasteiger charge is -2.38. The van der Waals surface area contributed by atoms with Crippen LogP contribution in [0.25, 0.3) is 11.1 Å². The predicted molar refractivity (Wildman–Crippen MR) is 133 cm³/mol. The van der Waals surface area contributed by atoms with Crippen LogP contribution in [0.1, 0.15) is 25.8 Å². The number of sulfonamides is 1. The summed E-state index contributed by atoms with van der Waals surface area (Å²) in [5, 5.41) is 9.74. The predicted octanol–water partition coefficient (Wildman–Crippen LogP) is 6.62. The first kappa shape index (κ1) is 27.7. The molecule has 0 radical (unpaired) electrons. The first-order chi connectivity index (χ1) is 17.6. The molecule has 0 spiro atoms. The van der Waals surface area contributed by atoms with Crippen molar-refractivity contribution in [3.05, 3.63) is 77.1 Å². The van der Waals surface area contributed by atoms with Gasteiger partial charge in [0, 0.05) is 17.0 Å². The Morgan fingerprint density at radius 2 is 1.82 bits per heavy atom. The summed E-state index contributed by atoms with van der Waals surface area (Å²) >= 11 is 6.23. The van der Waals surface area contributed by atoms with Crippen LogP contribution in [0.4, 0.5) is 23.2 Å². The standard InChI is InChI=1S/C26H22ClF4NO5S/c1-25(2,24(33)34)13-18-14-32(38(35,36)19-5-3-4-16(11-19)26(29,30)31)22-10-15(6-9-23(22)37-18)20-12-17(28)7-8-21(20)27/h3-12,18H,13-14H2,1-2H3,(H,33,34). The molecule has 0 bridgehead atoms. The quantitative estimate of drug-likeness (QED) is 0.336. The van der Waals surface area contributed by atoms with Gasteiger partial charge in [0.05, 0.1) is 28.1 Å². The van der Waals surface area contributed by atoms with Gasteiger partial charge in [-0.3, -0.25) is 9.10 Å². The van der Waals surface area contributed by atoms with E-state index in [0.717, 1.165) is 34.6 Å². The zero-order chi connectivity index (χ0) is 28.0. The lowest BCUT2D eigenvalue weighted by molar-refractivity contribution is -0.148. The van der Waals surface area contributed by atoms with Gasteiger partial charge in [-0.25, -0.2) is 12.8 Å². The second-order valence-corrected chi connectivity index (χ2v) is 11.8. The molecule has 38 heavy (non-hydrogen) atoms.